The van der Waals surface area contributed by atoms with Gasteiger partial charge < -0.3 is 20.9 Å². The summed E-state index contributed by atoms with van der Waals surface area (Å²) in [5.41, 5.74) is 0.254. The van der Waals surface area contributed by atoms with Crippen LogP contribution in [0.5, 0.6) is 0 Å². The largest absolute Gasteiger partial charge is 0.342 e. The van der Waals surface area contributed by atoms with Gasteiger partial charge in [0.05, 0.1) is 0 Å². The van der Waals surface area contributed by atoms with E-state index in [2.05, 4.69) is 39.6 Å². The van der Waals surface area contributed by atoms with E-state index in [-0.39, 0.29) is 11.5 Å². The summed E-state index contributed by atoms with van der Waals surface area (Å²) in [5.74, 6) is 0.659. The Morgan fingerprint density at radius 3 is 2.38 bits per heavy atom. The first-order valence-electron chi connectivity index (χ1n) is 13.9. The molecular formula is C26H45N5O. The van der Waals surface area contributed by atoms with Gasteiger partial charge in [-0.15, -0.1) is 0 Å². The van der Waals surface area contributed by atoms with Crippen molar-refractivity contribution in [3.05, 3.63) is 0 Å². The predicted octanol–water partition coefficient (Wildman–Crippen LogP) is 2.23. The standard InChI is InChI=1S/C26H45N5O/c1-17-18(2)28-22-16-19(9-10-20(22)27-17)25(32)30-14-11-26(12-15-30)24-8-5-13-31(24)23-7-4-3-6-21(23)29-26/h17-24,27-29H,3-16H2,1-2H3. The highest BCUT2D eigenvalue weighted by atomic mass is 16.2. The first-order valence-corrected chi connectivity index (χ1v) is 13.9. The molecule has 6 heteroatoms. The maximum atomic E-state index is 13.5. The number of carbonyl (C=O) groups excluding carboxylic acids is 1. The van der Waals surface area contributed by atoms with Gasteiger partial charge in [0.15, 0.2) is 0 Å². The minimum Gasteiger partial charge on any atom is -0.342 e. The second kappa shape index (κ2) is 8.51. The van der Waals surface area contributed by atoms with Crippen LogP contribution in [0.2, 0.25) is 0 Å². The lowest BCUT2D eigenvalue weighted by Gasteiger charge is -2.59. The highest BCUT2D eigenvalue weighted by molar-refractivity contribution is 5.79. The van der Waals surface area contributed by atoms with Crippen LogP contribution < -0.4 is 16.0 Å². The Bertz CT molecular complexity index is 706. The van der Waals surface area contributed by atoms with Crippen LogP contribution in [0.15, 0.2) is 0 Å². The van der Waals surface area contributed by atoms with Crippen molar-refractivity contribution in [2.45, 2.75) is 132 Å². The molecule has 0 bridgehead atoms. The van der Waals surface area contributed by atoms with Gasteiger partial charge in [-0.1, -0.05) is 12.8 Å². The lowest BCUT2D eigenvalue weighted by atomic mass is 9.73. The highest BCUT2D eigenvalue weighted by Gasteiger charge is 2.54. The Morgan fingerprint density at radius 1 is 0.812 bits per heavy atom. The van der Waals surface area contributed by atoms with Crippen LogP contribution in [0, 0.1) is 5.92 Å². The molecule has 4 heterocycles. The molecule has 1 amide bonds. The van der Waals surface area contributed by atoms with Crippen molar-refractivity contribution in [2.24, 2.45) is 5.92 Å². The number of fused-ring (bicyclic) bond motifs is 5. The van der Waals surface area contributed by atoms with Crippen LogP contribution in [0.4, 0.5) is 0 Å². The van der Waals surface area contributed by atoms with Crippen molar-refractivity contribution >= 4 is 5.91 Å². The van der Waals surface area contributed by atoms with E-state index in [1.165, 1.54) is 45.1 Å². The van der Waals surface area contributed by atoms with Gasteiger partial charge in [0.25, 0.3) is 0 Å². The number of hydrogen-bond donors (Lipinski definition) is 3. The molecule has 8 atom stereocenters. The van der Waals surface area contributed by atoms with Gasteiger partial charge in [0, 0.05) is 66.8 Å². The van der Waals surface area contributed by atoms with E-state index in [0.717, 1.165) is 51.2 Å². The van der Waals surface area contributed by atoms with Crippen LogP contribution in [0.25, 0.3) is 0 Å². The van der Waals surface area contributed by atoms with E-state index in [9.17, 15) is 4.79 Å². The van der Waals surface area contributed by atoms with Crippen LogP contribution in [-0.2, 0) is 4.79 Å². The van der Waals surface area contributed by atoms with E-state index < -0.39 is 0 Å². The molecule has 4 saturated heterocycles. The minimum absolute atomic E-state index is 0.213. The summed E-state index contributed by atoms with van der Waals surface area (Å²) in [4.78, 5) is 18.7. The zero-order valence-electron chi connectivity index (χ0n) is 20.3. The van der Waals surface area contributed by atoms with Crippen LogP contribution >= 0.6 is 0 Å². The fourth-order valence-corrected chi connectivity index (χ4v) is 8.53. The molecule has 8 unspecified atom stereocenters. The van der Waals surface area contributed by atoms with Crippen LogP contribution in [0.3, 0.4) is 0 Å². The third-order valence-corrected chi connectivity index (χ3v) is 10.4. The molecule has 180 valence electrons. The van der Waals surface area contributed by atoms with Gasteiger partial charge >= 0.3 is 0 Å². The van der Waals surface area contributed by atoms with Crippen molar-refractivity contribution in [1.29, 1.82) is 0 Å². The van der Waals surface area contributed by atoms with Gasteiger partial charge in [-0.25, -0.2) is 0 Å². The number of rotatable bonds is 1. The minimum atomic E-state index is 0.213. The van der Waals surface area contributed by atoms with Crippen molar-refractivity contribution in [2.75, 3.05) is 19.6 Å². The number of hydrogen-bond acceptors (Lipinski definition) is 5. The first-order chi connectivity index (χ1) is 15.5. The molecule has 0 radical (unpaired) electrons. The Morgan fingerprint density at radius 2 is 1.56 bits per heavy atom. The van der Waals surface area contributed by atoms with Crippen LogP contribution in [-0.4, -0.2) is 83.2 Å². The Balaban J connectivity index is 1.09. The quantitative estimate of drug-likeness (QED) is 0.580. The smallest absolute Gasteiger partial charge is 0.225 e. The molecule has 0 aromatic carbocycles. The average molecular weight is 444 g/mol. The maximum Gasteiger partial charge on any atom is 0.225 e. The molecule has 2 saturated carbocycles. The maximum absolute atomic E-state index is 13.5. The van der Waals surface area contributed by atoms with Crippen LogP contribution in [0.1, 0.15) is 84.5 Å². The molecule has 1 spiro atoms. The zero-order valence-corrected chi connectivity index (χ0v) is 20.3. The molecule has 4 aliphatic heterocycles. The number of piperidine rings is 1. The van der Waals surface area contributed by atoms with Gasteiger partial charge in [-0.2, -0.15) is 0 Å². The van der Waals surface area contributed by atoms with E-state index in [1.807, 2.05) is 0 Å². The Hall–Kier alpha value is -0.690. The van der Waals surface area contributed by atoms with Gasteiger partial charge in [-0.3, -0.25) is 9.69 Å². The molecule has 0 aromatic rings. The summed E-state index contributed by atoms with van der Waals surface area (Å²) >= 11 is 0. The normalized spacial score (nSPS) is 46.4. The van der Waals surface area contributed by atoms with E-state index >= 15 is 0 Å². The molecule has 0 aromatic heterocycles. The molecule has 6 nitrogen and oxygen atoms in total. The SMILES string of the molecule is CC1NC2CCC(C(=O)N3CCC4(CC3)NC3CCCCC3N3CCCC34)CC2NC1C. The summed E-state index contributed by atoms with van der Waals surface area (Å²) in [7, 11) is 0. The third kappa shape index (κ3) is 3.64. The van der Waals surface area contributed by atoms with E-state index in [4.69, 9.17) is 0 Å². The monoisotopic (exact) mass is 443 g/mol. The lowest BCUT2D eigenvalue weighted by Crippen LogP contribution is -2.74. The fraction of sp³-hybridized carbons (Fsp3) is 0.962. The molecule has 6 fully saturated rings. The number of piperazine rings is 2. The number of carbonyl (C=O) groups is 1. The fourth-order valence-electron chi connectivity index (χ4n) is 8.53. The van der Waals surface area contributed by atoms with Crippen molar-refractivity contribution in [3.63, 3.8) is 0 Å². The summed E-state index contributed by atoms with van der Waals surface area (Å²) in [6, 6.07) is 4.16. The predicted molar refractivity (Wildman–Crippen MR) is 128 cm³/mol. The van der Waals surface area contributed by atoms with Gasteiger partial charge in [0.2, 0.25) is 5.91 Å². The van der Waals surface area contributed by atoms with Gasteiger partial charge in [-0.05, 0) is 78.2 Å². The second-order valence-electron chi connectivity index (χ2n) is 12.1. The highest BCUT2D eigenvalue weighted by Crippen LogP contribution is 2.43. The van der Waals surface area contributed by atoms with E-state index in [0.29, 0.717) is 42.2 Å². The van der Waals surface area contributed by atoms with Gasteiger partial charge in [0.1, 0.15) is 0 Å². The summed E-state index contributed by atoms with van der Waals surface area (Å²) in [6.45, 7) is 7.76. The van der Waals surface area contributed by atoms with Crippen molar-refractivity contribution in [3.8, 4) is 0 Å². The molecule has 2 aliphatic carbocycles. The van der Waals surface area contributed by atoms with Crippen molar-refractivity contribution < 1.29 is 4.79 Å². The molecule has 3 N–H and O–H groups in total. The molecule has 32 heavy (non-hydrogen) atoms. The number of nitrogens with one attached hydrogen (secondary N) is 3. The summed E-state index contributed by atoms with van der Waals surface area (Å²) in [6.07, 6.45) is 13.7. The second-order valence-corrected chi connectivity index (χ2v) is 12.1. The number of nitrogens with zero attached hydrogens (tertiary/aromatic N) is 2. The number of amides is 1. The molecular weight excluding hydrogens is 398 g/mol. The molecule has 6 rings (SSSR count). The Labute approximate surface area is 194 Å². The zero-order chi connectivity index (χ0) is 21.9. The summed E-state index contributed by atoms with van der Waals surface area (Å²) in [5, 5.41) is 11.8. The first kappa shape index (κ1) is 21.8. The lowest BCUT2D eigenvalue weighted by molar-refractivity contribution is -0.140. The third-order valence-electron chi connectivity index (χ3n) is 10.4. The summed E-state index contributed by atoms with van der Waals surface area (Å²) < 4.78 is 0. The topological polar surface area (TPSA) is 59.6 Å². The van der Waals surface area contributed by atoms with E-state index in [1.54, 1.807) is 0 Å². The number of likely N-dealkylation sites (tertiary alicyclic amines) is 1. The molecule has 6 aliphatic rings. The Kier molecular flexibility index (Phi) is 5.80. The van der Waals surface area contributed by atoms with Crippen molar-refractivity contribution in [1.82, 2.24) is 25.8 Å². The average Bonchev–Trinajstić information content (AvgIpc) is 3.31.